The van der Waals surface area contributed by atoms with E-state index in [1.54, 1.807) is 54.3 Å². The summed E-state index contributed by atoms with van der Waals surface area (Å²) < 4.78 is 5.45. The van der Waals surface area contributed by atoms with E-state index in [0.717, 1.165) is 0 Å². The van der Waals surface area contributed by atoms with E-state index in [9.17, 15) is 14.4 Å². The van der Waals surface area contributed by atoms with Crippen LogP contribution in [0.1, 0.15) is 42.7 Å². The van der Waals surface area contributed by atoms with Gasteiger partial charge in [-0.15, -0.1) is 0 Å². The summed E-state index contributed by atoms with van der Waals surface area (Å²) in [6, 6.07) is 10.7. The van der Waals surface area contributed by atoms with Gasteiger partial charge in [-0.25, -0.2) is 9.59 Å². The maximum atomic E-state index is 13.4. The molecule has 0 aromatic heterocycles. The number of rotatable bonds is 7. The zero-order valence-electron chi connectivity index (χ0n) is 22.0. The fraction of sp³-hybridized carbons (Fsp3) is 0.393. The molecule has 39 heavy (non-hydrogen) atoms. The zero-order chi connectivity index (χ0) is 28.3. The molecule has 0 bridgehead atoms. The number of benzene rings is 2. The number of ether oxygens (including phenoxy) is 1. The van der Waals surface area contributed by atoms with Crippen LogP contribution in [0.4, 0.5) is 4.79 Å². The number of hydrogen-bond donors (Lipinski definition) is 1. The van der Waals surface area contributed by atoms with Crippen LogP contribution in [0, 0.1) is 0 Å². The van der Waals surface area contributed by atoms with E-state index < -0.39 is 12.0 Å². The van der Waals surface area contributed by atoms with Crippen LogP contribution in [0.5, 0.6) is 0 Å². The Labute approximate surface area is 243 Å². The van der Waals surface area contributed by atoms with Crippen molar-refractivity contribution in [3.05, 3.63) is 79.9 Å². The molecule has 0 aliphatic carbocycles. The molecule has 0 radical (unpaired) electrons. The largest absolute Gasteiger partial charge is 0.463 e. The van der Waals surface area contributed by atoms with Crippen LogP contribution in [-0.4, -0.2) is 78.0 Å². The number of esters is 1. The van der Waals surface area contributed by atoms with E-state index in [1.807, 2.05) is 18.7 Å². The quantitative estimate of drug-likeness (QED) is 0.435. The third kappa shape index (κ3) is 6.19. The zero-order valence-corrected chi connectivity index (χ0v) is 24.3. The molecule has 3 amide bonds. The molecule has 0 spiro atoms. The molecular formula is C28H31Cl3N4O4. The monoisotopic (exact) mass is 592 g/mol. The summed E-state index contributed by atoms with van der Waals surface area (Å²) in [5, 5.41) is 4.07. The van der Waals surface area contributed by atoms with Gasteiger partial charge in [0.15, 0.2) is 0 Å². The summed E-state index contributed by atoms with van der Waals surface area (Å²) in [6.45, 7) is 8.02. The lowest BCUT2D eigenvalue weighted by molar-refractivity contribution is -0.139. The SMILES string of the molecule is CCOC(=O)C1=C(CN2CCN(C(=O)c3ccc(Cl)cc3)[C@H](C)C2)N(CC)C(=O)N[C@@H]1c1cccc(Cl)c1Cl. The molecule has 2 atom stereocenters. The summed E-state index contributed by atoms with van der Waals surface area (Å²) in [7, 11) is 0. The highest BCUT2D eigenvalue weighted by atomic mass is 35.5. The molecule has 0 saturated carbocycles. The molecule has 0 unspecified atom stereocenters. The van der Waals surface area contributed by atoms with Crippen molar-refractivity contribution in [2.45, 2.75) is 32.9 Å². The molecule has 1 N–H and O–H groups in total. The Hall–Kier alpha value is -2.78. The highest BCUT2D eigenvalue weighted by Gasteiger charge is 2.40. The topological polar surface area (TPSA) is 82.2 Å². The van der Waals surface area contributed by atoms with Crippen LogP contribution in [-0.2, 0) is 9.53 Å². The smallest absolute Gasteiger partial charge is 0.338 e. The number of nitrogens with one attached hydrogen (secondary N) is 1. The van der Waals surface area contributed by atoms with Crippen molar-refractivity contribution in [2.24, 2.45) is 0 Å². The van der Waals surface area contributed by atoms with Gasteiger partial charge in [-0.2, -0.15) is 0 Å². The van der Waals surface area contributed by atoms with Crippen LogP contribution >= 0.6 is 34.8 Å². The van der Waals surface area contributed by atoms with Crippen molar-refractivity contribution in [1.82, 2.24) is 20.0 Å². The summed E-state index contributed by atoms with van der Waals surface area (Å²) in [6.07, 6.45) is 0. The van der Waals surface area contributed by atoms with Gasteiger partial charge < -0.3 is 15.0 Å². The maximum absolute atomic E-state index is 13.4. The summed E-state index contributed by atoms with van der Waals surface area (Å²) >= 11 is 18.8. The Morgan fingerprint density at radius 2 is 1.77 bits per heavy atom. The van der Waals surface area contributed by atoms with Gasteiger partial charge in [0, 0.05) is 55.0 Å². The van der Waals surface area contributed by atoms with Gasteiger partial charge in [0.05, 0.1) is 28.3 Å². The van der Waals surface area contributed by atoms with Crippen LogP contribution in [0.15, 0.2) is 53.7 Å². The molecule has 2 heterocycles. The highest BCUT2D eigenvalue weighted by Crippen LogP contribution is 2.38. The number of amides is 3. The second-order valence-corrected chi connectivity index (χ2v) is 10.7. The third-order valence-corrected chi connectivity index (χ3v) is 8.06. The summed E-state index contributed by atoms with van der Waals surface area (Å²) in [5.41, 5.74) is 1.95. The number of carbonyl (C=O) groups is 3. The summed E-state index contributed by atoms with van der Waals surface area (Å²) in [4.78, 5) is 45.3. The minimum absolute atomic E-state index is 0.0619. The van der Waals surface area contributed by atoms with Gasteiger partial charge in [-0.3, -0.25) is 14.6 Å². The van der Waals surface area contributed by atoms with Crippen LogP contribution < -0.4 is 5.32 Å². The number of piperazine rings is 1. The first-order valence-electron chi connectivity index (χ1n) is 12.9. The molecule has 208 valence electrons. The first-order valence-corrected chi connectivity index (χ1v) is 14.0. The fourth-order valence-corrected chi connectivity index (χ4v) is 5.63. The maximum Gasteiger partial charge on any atom is 0.338 e. The van der Waals surface area contributed by atoms with Gasteiger partial charge in [0.1, 0.15) is 0 Å². The molecule has 1 fully saturated rings. The fourth-order valence-electron chi connectivity index (χ4n) is 5.08. The number of carbonyl (C=O) groups excluding carboxylic acids is 3. The predicted octanol–water partition coefficient (Wildman–Crippen LogP) is 5.40. The first kappa shape index (κ1) is 29.2. The third-order valence-electron chi connectivity index (χ3n) is 6.98. The normalized spacial score (nSPS) is 20.2. The molecule has 1 saturated heterocycles. The molecule has 2 aromatic carbocycles. The number of urea groups is 1. The van der Waals surface area contributed by atoms with Gasteiger partial charge in [0.2, 0.25) is 0 Å². The van der Waals surface area contributed by atoms with Crippen molar-refractivity contribution in [3.63, 3.8) is 0 Å². The second-order valence-electron chi connectivity index (χ2n) is 9.44. The van der Waals surface area contributed by atoms with Gasteiger partial charge in [0.25, 0.3) is 5.91 Å². The number of nitrogens with zero attached hydrogens (tertiary/aromatic N) is 3. The van der Waals surface area contributed by atoms with Gasteiger partial charge in [-0.05, 0) is 56.7 Å². The second kappa shape index (κ2) is 12.6. The lowest BCUT2D eigenvalue weighted by atomic mass is 9.93. The number of halogens is 3. The first-order chi connectivity index (χ1) is 18.7. The lowest BCUT2D eigenvalue weighted by Crippen LogP contribution is -2.56. The molecule has 4 rings (SSSR count). The molecule has 11 heteroatoms. The average Bonchev–Trinajstić information content (AvgIpc) is 2.90. The van der Waals surface area contributed by atoms with Crippen molar-refractivity contribution < 1.29 is 19.1 Å². The highest BCUT2D eigenvalue weighted by molar-refractivity contribution is 6.42. The Bertz CT molecular complexity index is 1280. The Morgan fingerprint density at radius 1 is 1.05 bits per heavy atom. The van der Waals surface area contributed by atoms with E-state index >= 15 is 0 Å². The van der Waals surface area contributed by atoms with E-state index in [1.165, 1.54) is 0 Å². The molecule has 2 aliphatic rings. The van der Waals surface area contributed by atoms with E-state index in [0.29, 0.717) is 65.2 Å². The molecule has 2 aliphatic heterocycles. The van der Waals surface area contributed by atoms with Crippen molar-refractivity contribution in [1.29, 1.82) is 0 Å². The molecular weight excluding hydrogens is 563 g/mol. The standard InChI is InChI=1S/C28H31Cl3N4O4/c1-4-34-22(16-33-13-14-35(17(3)15-33)26(36)18-9-11-19(29)12-10-18)23(27(37)39-5-2)25(32-28(34)38)20-7-6-8-21(30)24(20)31/h6-12,17,25H,4-5,13-16H2,1-3H3,(H,32,38)/t17-,25-/m1/s1. The van der Waals surface area contributed by atoms with Gasteiger partial charge >= 0.3 is 12.0 Å². The van der Waals surface area contributed by atoms with Crippen molar-refractivity contribution >= 4 is 52.7 Å². The van der Waals surface area contributed by atoms with Crippen LogP contribution in [0.3, 0.4) is 0 Å². The Balaban J connectivity index is 1.65. The van der Waals surface area contributed by atoms with Gasteiger partial charge in [-0.1, -0.05) is 46.9 Å². The lowest BCUT2D eigenvalue weighted by Gasteiger charge is -2.43. The van der Waals surface area contributed by atoms with E-state index in [2.05, 4.69) is 10.2 Å². The minimum atomic E-state index is -0.828. The number of hydrogen-bond acceptors (Lipinski definition) is 5. The van der Waals surface area contributed by atoms with Crippen molar-refractivity contribution in [2.75, 3.05) is 39.3 Å². The Morgan fingerprint density at radius 3 is 2.41 bits per heavy atom. The molecule has 8 nitrogen and oxygen atoms in total. The average molecular weight is 594 g/mol. The number of likely N-dealkylation sites (N-methyl/N-ethyl adjacent to an activating group) is 1. The van der Waals surface area contributed by atoms with Crippen LogP contribution in [0.2, 0.25) is 15.1 Å². The van der Waals surface area contributed by atoms with Crippen molar-refractivity contribution in [3.8, 4) is 0 Å². The molecule has 2 aromatic rings. The summed E-state index contributed by atoms with van der Waals surface area (Å²) in [5.74, 6) is -0.593. The predicted molar refractivity (Wildman–Crippen MR) is 152 cm³/mol. The minimum Gasteiger partial charge on any atom is -0.463 e. The van der Waals surface area contributed by atoms with E-state index in [4.69, 9.17) is 39.5 Å². The Kier molecular flexibility index (Phi) is 9.43. The van der Waals surface area contributed by atoms with Crippen LogP contribution in [0.25, 0.3) is 0 Å². The van der Waals surface area contributed by atoms with E-state index in [-0.39, 0.29) is 29.6 Å².